The van der Waals surface area contributed by atoms with E-state index in [2.05, 4.69) is 13.8 Å². The van der Waals surface area contributed by atoms with E-state index in [1.54, 1.807) is 11.8 Å². The summed E-state index contributed by atoms with van der Waals surface area (Å²) in [6.45, 7) is 9.18. The number of amides is 1. The molecule has 174 valence electrons. The number of carbonyl (C=O) groups excluding carboxylic acids is 2. The molecule has 7 nitrogen and oxygen atoms in total. The van der Waals surface area contributed by atoms with Gasteiger partial charge in [0.2, 0.25) is 11.9 Å². The van der Waals surface area contributed by atoms with E-state index in [1.165, 1.54) is 0 Å². The maximum Gasteiger partial charge on any atom is 0.321 e. The lowest BCUT2D eigenvalue weighted by Gasteiger charge is -2.38. The van der Waals surface area contributed by atoms with Crippen molar-refractivity contribution in [2.24, 2.45) is 11.8 Å². The van der Waals surface area contributed by atoms with Crippen LogP contribution in [0.2, 0.25) is 0 Å². The molecule has 0 fully saturated rings. The fourth-order valence-corrected chi connectivity index (χ4v) is 4.38. The molecule has 2 atom stereocenters. The number of nitrogens with zero attached hydrogens (tertiary/aromatic N) is 3. The number of aromatic nitrogens is 2. The van der Waals surface area contributed by atoms with Crippen molar-refractivity contribution < 1.29 is 19.1 Å². The van der Waals surface area contributed by atoms with Gasteiger partial charge in [-0.1, -0.05) is 38.1 Å². The number of benzene rings is 2. The summed E-state index contributed by atoms with van der Waals surface area (Å²) in [5.41, 5.74) is 2.50. The average molecular weight is 450 g/mol. The highest BCUT2D eigenvalue weighted by Crippen LogP contribution is 2.41. The van der Waals surface area contributed by atoms with Gasteiger partial charge in [0, 0.05) is 6.54 Å². The summed E-state index contributed by atoms with van der Waals surface area (Å²) in [5, 5.41) is 0. The lowest BCUT2D eigenvalue weighted by Crippen LogP contribution is -2.50. The van der Waals surface area contributed by atoms with E-state index in [4.69, 9.17) is 14.5 Å². The van der Waals surface area contributed by atoms with E-state index < -0.39 is 17.9 Å². The van der Waals surface area contributed by atoms with Crippen LogP contribution in [0.5, 0.6) is 5.75 Å². The molecule has 2 heterocycles. The summed E-state index contributed by atoms with van der Waals surface area (Å²) >= 11 is 0. The zero-order valence-corrected chi connectivity index (χ0v) is 19.7. The molecule has 1 amide bonds. The van der Waals surface area contributed by atoms with Gasteiger partial charge in [0.15, 0.2) is 5.92 Å². The molecule has 0 radical (unpaired) electrons. The Balaban J connectivity index is 1.91. The van der Waals surface area contributed by atoms with Crippen molar-refractivity contribution in [3.8, 4) is 5.75 Å². The Morgan fingerprint density at radius 1 is 1.06 bits per heavy atom. The van der Waals surface area contributed by atoms with E-state index in [9.17, 15) is 9.59 Å². The number of ether oxygens (including phenoxy) is 2. The molecular weight excluding hydrogens is 418 g/mol. The van der Waals surface area contributed by atoms with Crippen molar-refractivity contribution in [3.63, 3.8) is 0 Å². The lowest BCUT2D eigenvalue weighted by molar-refractivity contribution is -0.153. The van der Waals surface area contributed by atoms with E-state index in [0.29, 0.717) is 25.0 Å². The van der Waals surface area contributed by atoms with Gasteiger partial charge in [0.05, 0.1) is 30.3 Å². The largest absolute Gasteiger partial charge is 0.494 e. The molecule has 0 aliphatic carbocycles. The molecule has 0 unspecified atom stereocenters. The summed E-state index contributed by atoms with van der Waals surface area (Å²) in [6, 6.07) is 14.8. The van der Waals surface area contributed by atoms with Crippen LogP contribution in [0.1, 0.15) is 45.7 Å². The predicted octanol–water partition coefficient (Wildman–Crippen LogP) is 4.60. The zero-order valence-electron chi connectivity index (χ0n) is 19.7. The summed E-state index contributed by atoms with van der Waals surface area (Å²) in [7, 11) is 0. The summed E-state index contributed by atoms with van der Waals surface area (Å²) in [4.78, 5) is 33.5. The summed E-state index contributed by atoms with van der Waals surface area (Å²) in [5.74, 6) is -0.0672. The Kier molecular flexibility index (Phi) is 6.67. The maximum absolute atomic E-state index is 13.8. The molecule has 1 aliphatic heterocycles. The molecule has 7 heteroatoms. The number of hydrogen-bond acceptors (Lipinski definition) is 5. The van der Waals surface area contributed by atoms with Crippen LogP contribution in [-0.4, -0.2) is 41.2 Å². The van der Waals surface area contributed by atoms with Gasteiger partial charge in [-0.3, -0.25) is 14.5 Å². The SMILES string of the molecule is CCOC(=O)[C@H]1C(=O)N(CCC(C)C)c2nc3ccccc3n2[C@H]1c1ccc(OCC)cc1. The normalized spacial score (nSPS) is 18.0. The minimum atomic E-state index is -1.000. The highest BCUT2D eigenvalue weighted by Gasteiger charge is 2.47. The number of hydrogen-bond donors (Lipinski definition) is 0. The third kappa shape index (κ3) is 4.32. The molecular formula is C26H31N3O4. The Morgan fingerprint density at radius 3 is 2.45 bits per heavy atom. The van der Waals surface area contributed by atoms with Crippen LogP contribution in [0.25, 0.3) is 11.0 Å². The number of fused-ring (bicyclic) bond motifs is 3. The highest BCUT2D eigenvalue weighted by molar-refractivity contribution is 6.08. The van der Waals surface area contributed by atoms with Gasteiger partial charge in [-0.15, -0.1) is 0 Å². The molecule has 4 rings (SSSR count). The smallest absolute Gasteiger partial charge is 0.321 e. The van der Waals surface area contributed by atoms with Crippen LogP contribution in [0.3, 0.4) is 0 Å². The Morgan fingerprint density at radius 2 is 1.79 bits per heavy atom. The highest BCUT2D eigenvalue weighted by atomic mass is 16.5. The number of carbonyl (C=O) groups is 2. The van der Waals surface area contributed by atoms with Gasteiger partial charge in [-0.05, 0) is 56.0 Å². The van der Waals surface area contributed by atoms with Gasteiger partial charge in [0.25, 0.3) is 0 Å². The molecule has 1 aliphatic rings. The van der Waals surface area contributed by atoms with E-state index in [-0.39, 0.29) is 12.5 Å². The molecule has 0 N–H and O–H groups in total. The van der Waals surface area contributed by atoms with Crippen molar-refractivity contribution in [1.29, 1.82) is 0 Å². The summed E-state index contributed by atoms with van der Waals surface area (Å²) < 4.78 is 13.0. The Labute approximate surface area is 194 Å². The number of anilines is 1. The van der Waals surface area contributed by atoms with Crippen molar-refractivity contribution >= 4 is 28.9 Å². The maximum atomic E-state index is 13.8. The van der Waals surface area contributed by atoms with Crippen LogP contribution in [0.15, 0.2) is 48.5 Å². The number of rotatable bonds is 8. The Hall–Kier alpha value is -3.35. The first-order chi connectivity index (χ1) is 16.0. The second-order valence-electron chi connectivity index (χ2n) is 8.62. The van der Waals surface area contributed by atoms with E-state index in [0.717, 1.165) is 28.8 Å². The fraction of sp³-hybridized carbons (Fsp3) is 0.423. The lowest BCUT2D eigenvalue weighted by atomic mass is 9.89. The van der Waals surface area contributed by atoms with Gasteiger partial charge < -0.3 is 14.0 Å². The van der Waals surface area contributed by atoms with E-state index in [1.807, 2.05) is 60.0 Å². The van der Waals surface area contributed by atoms with Gasteiger partial charge >= 0.3 is 5.97 Å². The number of para-hydroxylation sites is 2. The minimum absolute atomic E-state index is 0.210. The number of esters is 1. The second kappa shape index (κ2) is 9.65. The molecule has 0 bridgehead atoms. The van der Waals surface area contributed by atoms with Crippen LogP contribution in [-0.2, 0) is 14.3 Å². The average Bonchev–Trinajstić information content (AvgIpc) is 3.17. The van der Waals surface area contributed by atoms with Crippen molar-refractivity contribution in [1.82, 2.24) is 9.55 Å². The van der Waals surface area contributed by atoms with Gasteiger partial charge in [-0.2, -0.15) is 0 Å². The third-order valence-electron chi connectivity index (χ3n) is 5.95. The minimum Gasteiger partial charge on any atom is -0.494 e. The predicted molar refractivity (Wildman–Crippen MR) is 127 cm³/mol. The van der Waals surface area contributed by atoms with E-state index >= 15 is 0 Å². The first-order valence-electron chi connectivity index (χ1n) is 11.6. The second-order valence-corrected chi connectivity index (χ2v) is 8.62. The summed E-state index contributed by atoms with van der Waals surface area (Å²) in [6.07, 6.45) is 0.804. The molecule has 0 spiro atoms. The quantitative estimate of drug-likeness (QED) is 0.371. The standard InChI is InChI=1S/C26H31N3O4/c1-5-32-19-13-11-18(12-14-19)23-22(25(31)33-6-2)24(30)28(16-15-17(3)4)26-27-20-9-7-8-10-21(20)29(23)26/h7-14,17,22-23H,5-6,15-16H2,1-4H3/t22-,23+/m1/s1. The third-order valence-corrected chi connectivity index (χ3v) is 5.95. The first-order valence-corrected chi connectivity index (χ1v) is 11.6. The molecule has 3 aromatic rings. The van der Waals surface area contributed by atoms with Crippen molar-refractivity contribution in [3.05, 3.63) is 54.1 Å². The van der Waals surface area contributed by atoms with Gasteiger partial charge in [-0.25, -0.2) is 4.98 Å². The monoisotopic (exact) mass is 449 g/mol. The fourth-order valence-electron chi connectivity index (χ4n) is 4.38. The van der Waals surface area contributed by atoms with Crippen LogP contribution >= 0.6 is 0 Å². The van der Waals surface area contributed by atoms with Crippen molar-refractivity contribution in [2.45, 2.75) is 40.2 Å². The first kappa shape index (κ1) is 22.8. The van der Waals surface area contributed by atoms with Crippen molar-refractivity contribution in [2.75, 3.05) is 24.7 Å². The molecule has 2 aromatic carbocycles. The van der Waals surface area contributed by atoms with Crippen LogP contribution < -0.4 is 9.64 Å². The molecule has 0 saturated heterocycles. The number of imidazole rings is 1. The topological polar surface area (TPSA) is 73.7 Å². The molecule has 33 heavy (non-hydrogen) atoms. The van der Waals surface area contributed by atoms with Crippen LogP contribution in [0.4, 0.5) is 5.95 Å². The Bertz CT molecular complexity index is 1140. The molecule has 1 aromatic heterocycles. The van der Waals surface area contributed by atoms with Gasteiger partial charge in [0.1, 0.15) is 5.75 Å². The zero-order chi connectivity index (χ0) is 23.5. The molecule has 0 saturated carbocycles. The van der Waals surface area contributed by atoms with Crippen LogP contribution in [0, 0.1) is 11.8 Å².